The molecule has 0 bridgehead atoms. The van der Waals surface area contributed by atoms with Gasteiger partial charge in [0.2, 0.25) is 5.78 Å². The number of aromatic nitrogens is 5. The zero-order valence-electron chi connectivity index (χ0n) is 22.2. The van der Waals surface area contributed by atoms with Crippen LogP contribution in [-0.2, 0) is 17.8 Å². The molecule has 1 amide bonds. The van der Waals surface area contributed by atoms with E-state index < -0.39 is 12.1 Å². The van der Waals surface area contributed by atoms with Gasteiger partial charge < -0.3 is 15.0 Å². The molecule has 1 aliphatic rings. The molecule has 42 heavy (non-hydrogen) atoms. The first-order valence-electron chi connectivity index (χ1n) is 12.9. The third-order valence-electron chi connectivity index (χ3n) is 6.91. The van der Waals surface area contributed by atoms with Crippen LogP contribution in [0, 0.1) is 12.7 Å². The minimum atomic E-state index is -5.03. The average molecular weight is 578 g/mol. The van der Waals surface area contributed by atoms with E-state index in [9.17, 15) is 22.4 Å². The molecule has 3 aromatic heterocycles. The van der Waals surface area contributed by atoms with Crippen molar-refractivity contribution in [1.82, 2.24) is 24.3 Å². The summed E-state index contributed by atoms with van der Waals surface area (Å²) in [5, 5.41) is 1.74. The van der Waals surface area contributed by atoms with Crippen LogP contribution in [-0.4, -0.2) is 49.6 Å². The standard InChI is InChI=1S/C29H23F4N7O2/c1-17-23(10-18-2-5-22(30)6-3-18)26(36-16-35-17)39-8-9-42-24-7-4-19(11-20(24)13-39)21-12-34-28-38-25(15-40(28)14-21)37-27(41)29(31,32)33/h2-7,11-12,14-16H,8-10,13H2,1H3,(H,37,41). The number of aryl methyl sites for hydroxylation is 1. The van der Waals surface area contributed by atoms with Crippen LogP contribution in [0.5, 0.6) is 5.75 Å². The molecule has 214 valence electrons. The maximum atomic E-state index is 13.5. The lowest BCUT2D eigenvalue weighted by Crippen LogP contribution is -2.30. The third-order valence-corrected chi connectivity index (χ3v) is 6.91. The van der Waals surface area contributed by atoms with Crippen LogP contribution >= 0.6 is 0 Å². The van der Waals surface area contributed by atoms with Gasteiger partial charge in [-0.05, 0) is 42.3 Å². The van der Waals surface area contributed by atoms with E-state index in [1.54, 1.807) is 29.8 Å². The zero-order chi connectivity index (χ0) is 29.4. The van der Waals surface area contributed by atoms with Crippen LogP contribution in [0.25, 0.3) is 16.9 Å². The van der Waals surface area contributed by atoms with Gasteiger partial charge in [-0.15, -0.1) is 0 Å². The van der Waals surface area contributed by atoms with Crippen LogP contribution in [0.2, 0.25) is 0 Å². The highest BCUT2D eigenvalue weighted by Gasteiger charge is 2.39. The lowest BCUT2D eigenvalue weighted by molar-refractivity contribution is -0.167. The number of rotatable bonds is 5. The molecular formula is C29H23F4N7O2. The minimum absolute atomic E-state index is 0.133. The number of fused-ring (bicyclic) bond motifs is 2. The second kappa shape index (κ2) is 10.7. The van der Waals surface area contributed by atoms with Crippen LogP contribution in [0.3, 0.4) is 0 Å². The molecule has 13 heteroatoms. The molecule has 0 fully saturated rings. The molecule has 2 aromatic carbocycles. The van der Waals surface area contributed by atoms with Gasteiger partial charge in [-0.2, -0.15) is 18.2 Å². The number of halogens is 4. The summed E-state index contributed by atoms with van der Waals surface area (Å²) in [5.74, 6) is -1.04. The first-order valence-corrected chi connectivity index (χ1v) is 12.9. The molecule has 0 aliphatic carbocycles. The summed E-state index contributed by atoms with van der Waals surface area (Å²) in [7, 11) is 0. The highest BCUT2D eigenvalue weighted by atomic mass is 19.4. The number of imidazole rings is 1. The maximum absolute atomic E-state index is 13.5. The van der Waals surface area contributed by atoms with Crippen molar-refractivity contribution in [3.8, 4) is 16.9 Å². The van der Waals surface area contributed by atoms with Crippen molar-refractivity contribution < 1.29 is 27.1 Å². The Morgan fingerprint density at radius 1 is 1.05 bits per heavy atom. The van der Waals surface area contributed by atoms with Crippen LogP contribution < -0.4 is 15.0 Å². The lowest BCUT2D eigenvalue weighted by atomic mass is 10.0. The Kier molecular flexibility index (Phi) is 6.93. The van der Waals surface area contributed by atoms with Gasteiger partial charge in [-0.1, -0.05) is 18.2 Å². The number of carbonyl (C=O) groups excluding carboxylic acids is 1. The van der Waals surface area contributed by atoms with Crippen LogP contribution in [0.1, 0.15) is 22.4 Å². The quantitative estimate of drug-likeness (QED) is 0.290. The number of carbonyl (C=O) groups is 1. The first kappa shape index (κ1) is 27.1. The van der Waals surface area contributed by atoms with Crippen molar-refractivity contribution in [1.29, 1.82) is 0 Å². The number of hydrogen-bond acceptors (Lipinski definition) is 7. The summed E-state index contributed by atoms with van der Waals surface area (Å²) in [5.41, 5.74) is 5.09. The molecule has 9 nitrogen and oxygen atoms in total. The summed E-state index contributed by atoms with van der Waals surface area (Å²) < 4.78 is 58.9. The van der Waals surface area contributed by atoms with E-state index in [0.717, 1.165) is 39.5 Å². The zero-order valence-corrected chi connectivity index (χ0v) is 22.2. The predicted molar refractivity (Wildman–Crippen MR) is 146 cm³/mol. The smallest absolute Gasteiger partial charge is 0.471 e. The molecule has 4 heterocycles. The maximum Gasteiger partial charge on any atom is 0.471 e. The Hall–Kier alpha value is -5.07. The fraction of sp³-hybridized carbons (Fsp3) is 0.207. The molecule has 0 saturated heterocycles. The molecule has 0 unspecified atom stereocenters. The molecule has 5 aromatic rings. The monoisotopic (exact) mass is 577 g/mol. The Labute approximate surface area is 236 Å². The molecule has 0 saturated carbocycles. The highest BCUT2D eigenvalue weighted by molar-refractivity contribution is 5.94. The fourth-order valence-corrected chi connectivity index (χ4v) is 4.81. The number of anilines is 2. The predicted octanol–water partition coefficient (Wildman–Crippen LogP) is 5.12. The normalized spacial score (nSPS) is 13.4. The van der Waals surface area contributed by atoms with Crippen molar-refractivity contribution in [3.05, 3.63) is 95.6 Å². The highest BCUT2D eigenvalue weighted by Crippen LogP contribution is 2.32. The van der Waals surface area contributed by atoms with E-state index in [2.05, 4.69) is 24.8 Å². The summed E-state index contributed by atoms with van der Waals surface area (Å²) in [6.45, 7) is 3.42. The van der Waals surface area contributed by atoms with E-state index in [0.29, 0.717) is 31.7 Å². The van der Waals surface area contributed by atoms with E-state index in [1.807, 2.05) is 25.1 Å². The summed E-state index contributed by atoms with van der Waals surface area (Å²) >= 11 is 0. The molecule has 6 rings (SSSR count). The van der Waals surface area contributed by atoms with Crippen molar-refractivity contribution in [3.63, 3.8) is 0 Å². The van der Waals surface area contributed by atoms with Gasteiger partial charge in [-0.3, -0.25) is 9.20 Å². The molecule has 1 N–H and O–H groups in total. The van der Waals surface area contributed by atoms with Crippen molar-refractivity contribution in [2.24, 2.45) is 0 Å². The van der Waals surface area contributed by atoms with Gasteiger partial charge in [0.25, 0.3) is 0 Å². The molecular weight excluding hydrogens is 554 g/mol. The van der Waals surface area contributed by atoms with E-state index >= 15 is 0 Å². The summed E-state index contributed by atoms with van der Waals surface area (Å²) in [4.78, 5) is 30.6. The Morgan fingerprint density at radius 2 is 1.86 bits per heavy atom. The number of hydrogen-bond donors (Lipinski definition) is 1. The van der Waals surface area contributed by atoms with Gasteiger partial charge in [0.05, 0.1) is 12.7 Å². The average Bonchev–Trinajstić information content (AvgIpc) is 3.23. The van der Waals surface area contributed by atoms with E-state index in [-0.39, 0.29) is 17.4 Å². The lowest BCUT2D eigenvalue weighted by Gasteiger charge is -2.24. The van der Waals surface area contributed by atoms with Gasteiger partial charge >= 0.3 is 12.1 Å². The Bertz CT molecular complexity index is 1790. The summed E-state index contributed by atoms with van der Waals surface area (Å²) in [6, 6.07) is 12.1. The van der Waals surface area contributed by atoms with Crippen LogP contribution in [0.15, 0.2) is 67.4 Å². The number of nitrogens with zero attached hydrogens (tertiary/aromatic N) is 6. The van der Waals surface area contributed by atoms with Crippen molar-refractivity contribution in [2.75, 3.05) is 23.4 Å². The summed E-state index contributed by atoms with van der Waals surface area (Å²) in [6.07, 6.45) is 1.53. The number of nitrogens with one attached hydrogen (secondary N) is 1. The second-order valence-electron chi connectivity index (χ2n) is 9.78. The minimum Gasteiger partial charge on any atom is -0.491 e. The second-order valence-corrected chi connectivity index (χ2v) is 9.78. The van der Waals surface area contributed by atoms with Gasteiger partial charge in [-0.25, -0.2) is 19.3 Å². The van der Waals surface area contributed by atoms with Gasteiger partial charge in [0.15, 0.2) is 5.82 Å². The van der Waals surface area contributed by atoms with E-state index in [4.69, 9.17) is 4.74 Å². The topological polar surface area (TPSA) is 97.5 Å². The molecule has 1 aliphatic heterocycles. The molecule has 0 atom stereocenters. The molecule has 0 spiro atoms. The number of alkyl halides is 3. The first-order chi connectivity index (χ1) is 20.1. The van der Waals surface area contributed by atoms with E-state index in [1.165, 1.54) is 29.1 Å². The van der Waals surface area contributed by atoms with Gasteiger partial charge in [0.1, 0.15) is 30.3 Å². The Balaban J connectivity index is 1.28. The molecule has 0 radical (unpaired) electrons. The van der Waals surface area contributed by atoms with Crippen molar-refractivity contribution >= 4 is 23.3 Å². The number of benzene rings is 2. The Morgan fingerprint density at radius 3 is 2.64 bits per heavy atom. The largest absolute Gasteiger partial charge is 0.491 e. The van der Waals surface area contributed by atoms with Crippen LogP contribution in [0.4, 0.5) is 29.2 Å². The third kappa shape index (κ3) is 5.57. The number of amides is 1. The fourth-order valence-electron chi connectivity index (χ4n) is 4.81. The van der Waals surface area contributed by atoms with Gasteiger partial charge in [0, 0.05) is 47.7 Å². The van der Waals surface area contributed by atoms with Crippen molar-refractivity contribution in [2.45, 2.75) is 26.1 Å². The number of ether oxygens (including phenoxy) is 1. The SMILES string of the molecule is Cc1ncnc(N2CCOc3ccc(-c4cnc5nc(NC(=O)C(F)(F)F)cn5c4)cc3C2)c1Cc1ccc(F)cc1.